The topological polar surface area (TPSA) is 34.6 Å². The SMILES string of the molecule is COc1ccc([C@@H](C)N2CCC[C@H]2c2cc(Oc3ccc(F)cc3)ccn2)cc1. The maximum atomic E-state index is 13.1. The first kappa shape index (κ1) is 19.4. The van der Waals surface area contributed by atoms with Crippen LogP contribution in [-0.4, -0.2) is 23.5 Å². The molecule has 0 radical (unpaired) electrons. The van der Waals surface area contributed by atoms with Crippen molar-refractivity contribution in [3.05, 3.63) is 83.9 Å². The molecule has 0 amide bonds. The number of pyridine rings is 1. The van der Waals surface area contributed by atoms with Crippen molar-refractivity contribution in [1.82, 2.24) is 9.88 Å². The summed E-state index contributed by atoms with van der Waals surface area (Å²) in [6.07, 6.45) is 3.98. The van der Waals surface area contributed by atoms with Gasteiger partial charge >= 0.3 is 0 Å². The third-order valence-electron chi connectivity index (χ3n) is 5.53. The second-order valence-corrected chi connectivity index (χ2v) is 7.32. The maximum Gasteiger partial charge on any atom is 0.130 e. The predicted molar refractivity (Wildman–Crippen MR) is 111 cm³/mol. The number of methoxy groups -OCH3 is 1. The van der Waals surface area contributed by atoms with E-state index in [0.717, 1.165) is 30.8 Å². The smallest absolute Gasteiger partial charge is 0.130 e. The van der Waals surface area contributed by atoms with Gasteiger partial charge in [-0.1, -0.05) is 12.1 Å². The molecule has 3 aromatic rings. The van der Waals surface area contributed by atoms with E-state index in [-0.39, 0.29) is 17.9 Å². The van der Waals surface area contributed by atoms with Gasteiger partial charge in [0.25, 0.3) is 0 Å². The molecule has 1 aliphatic rings. The Morgan fingerprint density at radius 3 is 2.45 bits per heavy atom. The Morgan fingerprint density at radius 2 is 1.72 bits per heavy atom. The standard InChI is InChI=1S/C24H25FN2O2/c1-17(18-5-9-20(28-2)10-6-18)27-15-3-4-24(27)23-16-22(13-14-26-23)29-21-11-7-19(25)8-12-21/h5-14,16-17,24H,3-4,15H2,1-2H3/t17-,24+/m1/s1. The van der Waals surface area contributed by atoms with Crippen molar-refractivity contribution in [2.24, 2.45) is 0 Å². The second-order valence-electron chi connectivity index (χ2n) is 7.32. The van der Waals surface area contributed by atoms with Gasteiger partial charge < -0.3 is 9.47 Å². The minimum absolute atomic E-state index is 0.240. The lowest BCUT2D eigenvalue weighted by atomic mass is 10.0. The normalized spacial score (nSPS) is 17.8. The first-order valence-electron chi connectivity index (χ1n) is 9.93. The summed E-state index contributed by atoms with van der Waals surface area (Å²) in [4.78, 5) is 7.12. The zero-order chi connectivity index (χ0) is 20.2. The van der Waals surface area contributed by atoms with Gasteiger partial charge in [-0.2, -0.15) is 0 Å². The molecule has 0 unspecified atom stereocenters. The minimum atomic E-state index is -0.276. The quantitative estimate of drug-likeness (QED) is 0.521. The van der Waals surface area contributed by atoms with Crippen LogP contribution < -0.4 is 9.47 Å². The fourth-order valence-electron chi connectivity index (χ4n) is 3.96. The van der Waals surface area contributed by atoms with Crippen LogP contribution in [-0.2, 0) is 0 Å². The van der Waals surface area contributed by atoms with Gasteiger partial charge in [-0.15, -0.1) is 0 Å². The number of nitrogens with zero attached hydrogens (tertiary/aromatic N) is 2. The summed E-state index contributed by atoms with van der Waals surface area (Å²) in [6, 6.07) is 18.7. The molecule has 4 nitrogen and oxygen atoms in total. The number of likely N-dealkylation sites (tertiary alicyclic amines) is 1. The van der Waals surface area contributed by atoms with Crippen LogP contribution in [0.25, 0.3) is 0 Å². The Bertz CT molecular complexity index is 944. The molecule has 150 valence electrons. The zero-order valence-electron chi connectivity index (χ0n) is 16.7. The molecule has 1 fully saturated rings. The van der Waals surface area contributed by atoms with Crippen LogP contribution in [0.1, 0.15) is 43.1 Å². The van der Waals surface area contributed by atoms with E-state index in [9.17, 15) is 4.39 Å². The third-order valence-corrected chi connectivity index (χ3v) is 5.53. The van der Waals surface area contributed by atoms with Gasteiger partial charge in [0.15, 0.2) is 0 Å². The van der Waals surface area contributed by atoms with Crippen LogP contribution in [0.5, 0.6) is 17.2 Å². The van der Waals surface area contributed by atoms with E-state index >= 15 is 0 Å². The molecule has 1 aliphatic heterocycles. The number of hydrogen-bond donors (Lipinski definition) is 0. The van der Waals surface area contributed by atoms with Crippen LogP contribution in [0.15, 0.2) is 66.9 Å². The van der Waals surface area contributed by atoms with Crippen molar-refractivity contribution >= 4 is 0 Å². The van der Waals surface area contributed by atoms with Gasteiger partial charge in [-0.05, 0) is 74.3 Å². The molecule has 0 bridgehead atoms. The predicted octanol–water partition coefficient (Wildman–Crippen LogP) is 5.92. The third kappa shape index (κ3) is 4.40. The molecular weight excluding hydrogens is 367 g/mol. The Kier molecular flexibility index (Phi) is 5.76. The number of ether oxygens (including phenoxy) is 2. The average Bonchev–Trinajstić information content (AvgIpc) is 3.25. The maximum absolute atomic E-state index is 13.1. The first-order chi connectivity index (χ1) is 14.1. The summed E-state index contributed by atoms with van der Waals surface area (Å²) in [6.45, 7) is 3.27. The molecule has 5 heteroatoms. The minimum Gasteiger partial charge on any atom is -0.497 e. The lowest BCUT2D eigenvalue weighted by Gasteiger charge is -2.31. The Morgan fingerprint density at radius 1 is 1.00 bits per heavy atom. The number of halogens is 1. The molecule has 0 aliphatic carbocycles. The summed E-state index contributed by atoms with van der Waals surface area (Å²) in [7, 11) is 1.68. The van der Waals surface area contributed by atoms with Crippen molar-refractivity contribution in [1.29, 1.82) is 0 Å². The molecule has 0 saturated carbocycles. The van der Waals surface area contributed by atoms with E-state index in [4.69, 9.17) is 9.47 Å². The summed E-state index contributed by atoms with van der Waals surface area (Å²) in [5.74, 6) is 1.91. The molecule has 29 heavy (non-hydrogen) atoms. The van der Waals surface area contributed by atoms with Crippen molar-refractivity contribution in [2.75, 3.05) is 13.7 Å². The van der Waals surface area contributed by atoms with Gasteiger partial charge in [0.2, 0.25) is 0 Å². The number of aromatic nitrogens is 1. The summed E-state index contributed by atoms with van der Waals surface area (Å²) >= 11 is 0. The van der Waals surface area contributed by atoms with Crippen molar-refractivity contribution in [2.45, 2.75) is 31.8 Å². The average molecular weight is 392 g/mol. The highest BCUT2D eigenvalue weighted by Crippen LogP contribution is 2.39. The van der Waals surface area contributed by atoms with Gasteiger partial charge in [-0.3, -0.25) is 9.88 Å². The fraction of sp³-hybridized carbons (Fsp3) is 0.292. The Hall–Kier alpha value is -2.92. The highest BCUT2D eigenvalue weighted by molar-refractivity contribution is 5.33. The van der Waals surface area contributed by atoms with E-state index in [0.29, 0.717) is 11.5 Å². The Balaban J connectivity index is 1.52. The van der Waals surface area contributed by atoms with Crippen LogP contribution in [0.4, 0.5) is 4.39 Å². The van der Waals surface area contributed by atoms with Crippen molar-refractivity contribution < 1.29 is 13.9 Å². The largest absolute Gasteiger partial charge is 0.497 e. The molecule has 1 aromatic heterocycles. The lowest BCUT2D eigenvalue weighted by molar-refractivity contribution is 0.190. The molecule has 2 atom stereocenters. The van der Waals surface area contributed by atoms with E-state index in [1.807, 2.05) is 24.3 Å². The zero-order valence-corrected chi connectivity index (χ0v) is 16.7. The summed E-state index contributed by atoms with van der Waals surface area (Å²) in [5.41, 5.74) is 2.26. The summed E-state index contributed by atoms with van der Waals surface area (Å²) < 4.78 is 24.3. The molecule has 2 heterocycles. The van der Waals surface area contributed by atoms with Crippen molar-refractivity contribution in [3.63, 3.8) is 0 Å². The van der Waals surface area contributed by atoms with Gasteiger partial charge in [0, 0.05) is 18.3 Å². The highest BCUT2D eigenvalue weighted by Gasteiger charge is 2.31. The van der Waals surface area contributed by atoms with Crippen LogP contribution in [0, 0.1) is 5.82 Å². The van der Waals surface area contributed by atoms with Gasteiger partial charge in [0.05, 0.1) is 18.8 Å². The van der Waals surface area contributed by atoms with Crippen LogP contribution in [0.2, 0.25) is 0 Å². The van der Waals surface area contributed by atoms with Crippen LogP contribution in [0.3, 0.4) is 0 Å². The fourth-order valence-corrected chi connectivity index (χ4v) is 3.96. The van der Waals surface area contributed by atoms with Crippen LogP contribution >= 0.6 is 0 Å². The molecule has 0 spiro atoms. The first-order valence-corrected chi connectivity index (χ1v) is 9.93. The molecule has 1 saturated heterocycles. The molecule has 4 rings (SSSR count). The second kappa shape index (κ2) is 8.62. The van der Waals surface area contributed by atoms with Crippen molar-refractivity contribution in [3.8, 4) is 17.2 Å². The number of benzene rings is 2. The molecular formula is C24H25FN2O2. The Labute approximate surface area is 170 Å². The van der Waals surface area contributed by atoms with Gasteiger partial charge in [-0.25, -0.2) is 4.39 Å². The van der Waals surface area contributed by atoms with E-state index < -0.39 is 0 Å². The monoisotopic (exact) mass is 392 g/mol. The van der Waals surface area contributed by atoms with E-state index in [1.54, 1.807) is 25.4 Å². The van der Waals surface area contributed by atoms with Gasteiger partial charge in [0.1, 0.15) is 23.1 Å². The van der Waals surface area contributed by atoms with E-state index in [1.165, 1.54) is 17.7 Å². The molecule has 0 N–H and O–H groups in total. The number of hydrogen-bond acceptors (Lipinski definition) is 4. The summed E-state index contributed by atoms with van der Waals surface area (Å²) in [5, 5.41) is 0. The number of rotatable bonds is 6. The lowest BCUT2D eigenvalue weighted by Crippen LogP contribution is -2.27. The van der Waals surface area contributed by atoms with E-state index in [2.05, 4.69) is 28.9 Å². The molecule has 2 aromatic carbocycles. The highest BCUT2D eigenvalue weighted by atomic mass is 19.1.